The van der Waals surface area contributed by atoms with Crippen molar-refractivity contribution in [2.24, 2.45) is 0 Å². The summed E-state index contributed by atoms with van der Waals surface area (Å²) in [5.74, 6) is -0.0123. The number of amides is 2. The van der Waals surface area contributed by atoms with Crippen molar-refractivity contribution in [1.29, 1.82) is 0 Å². The van der Waals surface area contributed by atoms with Crippen LogP contribution in [-0.2, 0) is 4.79 Å². The van der Waals surface area contributed by atoms with Gasteiger partial charge in [0.1, 0.15) is 0 Å². The molecule has 1 atom stereocenters. The van der Waals surface area contributed by atoms with Crippen LogP contribution in [0.5, 0.6) is 0 Å². The van der Waals surface area contributed by atoms with E-state index in [1.54, 1.807) is 12.1 Å². The number of hydrogen-bond donors (Lipinski definition) is 1. The van der Waals surface area contributed by atoms with Gasteiger partial charge >= 0.3 is 0 Å². The van der Waals surface area contributed by atoms with E-state index in [4.69, 9.17) is 11.6 Å². The predicted molar refractivity (Wildman–Crippen MR) is 91.8 cm³/mol. The van der Waals surface area contributed by atoms with Crippen LogP contribution in [0.2, 0.25) is 4.34 Å². The Morgan fingerprint density at radius 3 is 2.65 bits per heavy atom. The first-order valence-corrected chi connectivity index (χ1v) is 8.72. The Hall–Kier alpha value is -1.85. The van der Waals surface area contributed by atoms with E-state index in [0.717, 1.165) is 18.5 Å². The molecule has 1 N–H and O–H groups in total. The molecule has 1 aliphatic heterocycles. The SMILES string of the molecule is O=C(NC(CN1CCCC1=O)c1ccccc1)c1ccc(Cl)s1. The van der Waals surface area contributed by atoms with Crippen LogP contribution in [0.3, 0.4) is 0 Å². The van der Waals surface area contributed by atoms with Crippen LogP contribution in [-0.4, -0.2) is 29.8 Å². The second kappa shape index (κ2) is 7.15. The topological polar surface area (TPSA) is 49.4 Å². The summed E-state index contributed by atoms with van der Waals surface area (Å²) in [5.41, 5.74) is 0.989. The minimum Gasteiger partial charge on any atom is -0.343 e. The summed E-state index contributed by atoms with van der Waals surface area (Å²) in [4.78, 5) is 26.7. The third kappa shape index (κ3) is 3.92. The van der Waals surface area contributed by atoms with Gasteiger partial charge in [0.2, 0.25) is 5.91 Å². The average molecular weight is 349 g/mol. The van der Waals surface area contributed by atoms with Gasteiger partial charge in [-0.2, -0.15) is 0 Å². The van der Waals surface area contributed by atoms with Crippen LogP contribution in [0.1, 0.15) is 34.1 Å². The third-order valence-electron chi connectivity index (χ3n) is 3.88. The van der Waals surface area contributed by atoms with Crippen LogP contribution in [0.4, 0.5) is 0 Å². The van der Waals surface area contributed by atoms with Crippen molar-refractivity contribution in [1.82, 2.24) is 10.2 Å². The number of benzene rings is 1. The van der Waals surface area contributed by atoms with Crippen LogP contribution in [0.15, 0.2) is 42.5 Å². The molecule has 0 bridgehead atoms. The van der Waals surface area contributed by atoms with Gasteiger partial charge in [0.05, 0.1) is 15.3 Å². The second-order valence-electron chi connectivity index (χ2n) is 5.48. The fourth-order valence-electron chi connectivity index (χ4n) is 2.70. The Bertz CT molecular complexity index is 702. The van der Waals surface area contributed by atoms with Crippen LogP contribution < -0.4 is 5.32 Å². The van der Waals surface area contributed by atoms with Crippen molar-refractivity contribution in [3.8, 4) is 0 Å². The minimum absolute atomic E-state index is 0.152. The summed E-state index contributed by atoms with van der Waals surface area (Å²) in [6, 6.07) is 12.9. The number of hydrogen-bond acceptors (Lipinski definition) is 3. The van der Waals surface area contributed by atoms with Crippen LogP contribution >= 0.6 is 22.9 Å². The van der Waals surface area contributed by atoms with Gasteiger partial charge in [0, 0.05) is 19.5 Å². The molecule has 2 amide bonds. The fourth-order valence-corrected chi connectivity index (χ4v) is 3.65. The van der Waals surface area contributed by atoms with Gasteiger partial charge in [0.25, 0.3) is 5.91 Å². The summed E-state index contributed by atoms with van der Waals surface area (Å²) in [5, 5.41) is 3.03. The molecule has 0 spiro atoms. The Kier molecular flexibility index (Phi) is 4.98. The summed E-state index contributed by atoms with van der Waals surface area (Å²) in [6.07, 6.45) is 1.48. The van der Waals surface area contributed by atoms with Crippen molar-refractivity contribution in [2.75, 3.05) is 13.1 Å². The largest absolute Gasteiger partial charge is 0.343 e. The van der Waals surface area contributed by atoms with E-state index in [1.165, 1.54) is 11.3 Å². The number of nitrogens with one attached hydrogen (secondary N) is 1. The van der Waals surface area contributed by atoms with Gasteiger partial charge in [-0.1, -0.05) is 41.9 Å². The van der Waals surface area contributed by atoms with E-state index in [-0.39, 0.29) is 17.9 Å². The van der Waals surface area contributed by atoms with Crippen molar-refractivity contribution >= 4 is 34.8 Å². The summed E-state index contributed by atoms with van der Waals surface area (Å²) in [7, 11) is 0. The number of thiophene rings is 1. The van der Waals surface area contributed by atoms with Crippen molar-refractivity contribution in [3.63, 3.8) is 0 Å². The molecule has 0 radical (unpaired) electrons. The lowest BCUT2D eigenvalue weighted by Crippen LogP contribution is -2.38. The Balaban J connectivity index is 1.77. The van der Waals surface area contributed by atoms with Gasteiger partial charge in [-0.3, -0.25) is 9.59 Å². The molecule has 1 aliphatic rings. The summed E-state index contributed by atoms with van der Waals surface area (Å²) in [6.45, 7) is 1.25. The lowest BCUT2D eigenvalue weighted by molar-refractivity contribution is -0.128. The third-order valence-corrected chi connectivity index (χ3v) is 5.11. The summed E-state index contributed by atoms with van der Waals surface area (Å²) >= 11 is 7.15. The number of halogens is 1. The Morgan fingerprint density at radius 1 is 1.26 bits per heavy atom. The number of likely N-dealkylation sites (tertiary alicyclic amines) is 1. The van der Waals surface area contributed by atoms with Crippen molar-refractivity contribution in [2.45, 2.75) is 18.9 Å². The van der Waals surface area contributed by atoms with Gasteiger partial charge in [-0.25, -0.2) is 0 Å². The molecule has 120 valence electrons. The molecule has 0 aliphatic carbocycles. The molecular formula is C17H17ClN2O2S. The van der Waals surface area contributed by atoms with E-state index in [2.05, 4.69) is 5.32 Å². The maximum absolute atomic E-state index is 12.4. The fraction of sp³-hybridized carbons (Fsp3) is 0.294. The maximum atomic E-state index is 12.4. The Morgan fingerprint density at radius 2 is 2.04 bits per heavy atom. The molecule has 4 nitrogen and oxygen atoms in total. The lowest BCUT2D eigenvalue weighted by Gasteiger charge is -2.25. The van der Waals surface area contributed by atoms with Gasteiger partial charge in [-0.15, -0.1) is 11.3 Å². The molecule has 1 aromatic heterocycles. The highest BCUT2D eigenvalue weighted by molar-refractivity contribution is 7.18. The second-order valence-corrected chi connectivity index (χ2v) is 7.20. The van der Waals surface area contributed by atoms with Gasteiger partial charge in [0.15, 0.2) is 0 Å². The number of carbonyl (C=O) groups excluding carboxylic acids is 2. The molecule has 0 saturated carbocycles. The van der Waals surface area contributed by atoms with Crippen LogP contribution in [0.25, 0.3) is 0 Å². The highest BCUT2D eigenvalue weighted by atomic mass is 35.5. The van der Waals surface area contributed by atoms with Crippen molar-refractivity contribution < 1.29 is 9.59 Å². The molecule has 1 aromatic carbocycles. The molecule has 1 unspecified atom stereocenters. The molecule has 23 heavy (non-hydrogen) atoms. The van der Waals surface area contributed by atoms with E-state index in [0.29, 0.717) is 22.2 Å². The predicted octanol–water partition coefficient (Wildman–Crippen LogP) is 3.50. The number of nitrogens with zero attached hydrogens (tertiary/aromatic N) is 1. The minimum atomic E-state index is -0.230. The molecule has 1 saturated heterocycles. The van der Waals surface area contributed by atoms with Gasteiger partial charge in [-0.05, 0) is 24.1 Å². The number of rotatable bonds is 5. The highest BCUT2D eigenvalue weighted by Crippen LogP contribution is 2.23. The smallest absolute Gasteiger partial charge is 0.261 e. The zero-order chi connectivity index (χ0) is 16.2. The monoisotopic (exact) mass is 348 g/mol. The Labute approximate surface area is 144 Å². The molecule has 2 aromatic rings. The van der Waals surface area contributed by atoms with Crippen LogP contribution in [0, 0.1) is 0 Å². The molecular weight excluding hydrogens is 332 g/mol. The number of carbonyl (C=O) groups is 2. The van der Waals surface area contributed by atoms with Crippen molar-refractivity contribution in [3.05, 3.63) is 57.2 Å². The zero-order valence-electron chi connectivity index (χ0n) is 12.5. The first-order valence-electron chi connectivity index (χ1n) is 7.52. The van der Waals surface area contributed by atoms with E-state index in [1.807, 2.05) is 35.2 Å². The average Bonchev–Trinajstić information content (AvgIpc) is 3.16. The lowest BCUT2D eigenvalue weighted by atomic mass is 10.1. The standard InChI is InChI=1S/C17H17ClN2O2S/c18-15-9-8-14(23-15)17(22)19-13(12-5-2-1-3-6-12)11-20-10-4-7-16(20)21/h1-3,5-6,8-9,13H,4,7,10-11H2,(H,19,22). The first-order chi connectivity index (χ1) is 11.1. The normalized spacial score (nSPS) is 15.7. The molecule has 3 rings (SSSR count). The quantitative estimate of drug-likeness (QED) is 0.899. The van der Waals surface area contributed by atoms with E-state index >= 15 is 0 Å². The zero-order valence-corrected chi connectivity index (χ0v) is 14.1. The summed E-state index contributed by atoms with van der Waals surface area (Å²) < 4.78 is 0.584. The molecule has 6 heteroatoms. The molecule has 2 heterocycles. The van der Waals surface area contributed by atoms with E-state index < -0.39 is 0 Å². The van der Waals surface area contributed by atoms with E-state index in [9.17, 15) is 9.59 Å². The maximum Gasteiger partial charge on any atom is 0.261 e. The highest BCUT2D eigenvalue weighted by Gasteiger charge is 2.25. The van der Waals surface area contributed by atoms with Gasteiger partial charge < -0.3 is 10.2 Å². The molecule has 1 fully saturated rings. The first kappa shape index (κ1) is 16.0.